The van der Waals surface area contributed by atoms with Gasteiger partial charge in [-0.25, -0.2) is 9.59 Å². The van der Waals surface area contributed by atoms with Gasteiger partial charge in [0.1, 0.15) is 5.37 Å². The van der Waals surface area contributed by atoms with Crippen molar-refractivity contribution in [3.05, 3.63) is 25.3 Å². The van der Waals surface area contributed by atoms with E-state index in [0.29, 0.717) is 42.4 Å². The van der Waals surface area contributed by atoms with Gasteiger partial charge in [-0.2, -0.15) is 0 Å². The number of piperidine rings is 2. The van der Waals surface area contributed by atoms with E-state index >= 15 is 0 Å². The summed E-state index contributed by atoms with van der Waals surface area (Å²) in [6.45, 7) is 11.6. The Bertz CT molecular complexity index is 886. The van der Waals surface area contributed by atoms with Crippen molar-refractivity contribution in [1.29, 1.82) is 0 Å². The minimum atomic E-state index is -0.368. The van der Waals surface area contributed by atoms with Crippen molar-refractivity contribution in [3.8, 4) is 23.7 Å². The van der Waals surface area contributed by atoms with Gasteiger partial charge in [0.05, 0.1) is 19.3 Å². The molecule has 3 heterocycles. The summed E-state index contributed by atoms with van der Waals surface area (Å²) < 4.78 is 10.2. The van der Waals surface area contributed by atoms with Gasteiger partial charge < -0.3 is 20.1 Å². The maximum absolute atomic E-state index is 11.2. The Morgan fingerprint density at radius 1 is 0.889 bits per heavy atom. The van der Waals surface area contributed by atoms with Crippen LogP contribution in [0.1, 0.15) is 45.4 Å². The average molecular weight is 514 g/mol. The molecule has 7 unspecified atom stereocenters. The standard InChI is InChI=1S/C28H39N3O4S/c1-4-27(32)34-16-14-24-12-8-21(18-30-24)6-10-23-11-7-22(19-29-23)9-13-26-31-20(3)25(36-26)15-17-35-28(33)5-2/h4-5,20-26,29-31H,1-2,7-8,11-12,14-19H2,3H3. The summed E-state index contributed by atoms with van der Waals surface area (Å²) in [5.74, 6) is 13.8. The van der Waals surface area contributed by atoms with E-state index in [1.54, 1.807) is 0 Å². The third kappa shape index (κ3) is 9.67. The van der Waals surface area contributed by atoms with E-state index < -0.39 is 0 Å². The van der Waals surface area contributed by atoms with Crippen LogP contribution in [0.2, 0.25) is 0 Å². The van der Waals surface area contributed by atoms with E-state index in [1.165, 1.54) is 12.2 Å². The number of nitrogens with one attached hydrogen (secondary N) is 3. The zero-order chi connectivity index (χ0) is 25.8. The second-order valence-corrected chi connectivity index (χ2v) is 10.9. The van der Waals surface area contributed by atoms with E-state index in [0.717, 1.165) is 51.6 Å². The lowest BCUT2D eigenvalue weighted by Gasteiger charge is -2.27. The maximum atomic E-state index is 11.2. The highest BCUT2D eigenvalue weighted by atomic mass is 32.2. The normalized spacial score (nSPS) is 31.6. The van der Waals surface area contributed by atoms with Crippen LogP contribution in [-0.2, 0) is 19.1 Å². The zero-order valence-electron chi connectivity index (χ0n) is 21.2. The number of esters is 2. The third-order valence-corrected chi connectivity index (χ3v) is 8.30. The molecule has 196 valence electrons. The molecule has 0 aromatic heterocycles. The molecule has 3 aliphatic rings. The molecule has 3 saturated heterocycles. The van der Waals surface area contributed by atoms with Gasteiger partial charge in [-0.3, -0.25) is 5.32 Å². The Morgan fingerprint density at radius 3 is 2.14 bits per heavy atom. The summed E-state index contributed by atoms with van der Waals surface area (Å²) in [7, 11) is 0. The first-order chi connectivity index (χ1) is 17.5. The van der Waals surface area contributed by atoms with E-state index in [9.17, 15) is 9.59 Å². The van der Waals surface area contributed by atoms with Crippen LogP contribution in [0.15, 0.2) is 25.3 Å². The van der Waals surface area contributed by atoms with Crippen molar-refractivity contribution in [2.45, 2.75) is 74.2 Å². The Hall–Kier alpha value is -2.23. The van der Waals surface area contributed by atoms with Gasteiger partial charge >= 0.3 is 11.9 Å². The van der Waals surface area contributed by atoms with E-state index in [2.05, 4.69) is 59.7 Å². The van der Waals surface area contributed by atoms with Gasteiger partial charge in [0.2, 0.25) is 0 Å². The first kappa shape index (κ1) is 28.3. The molecule has 36 heavy (non-hydrogen) atoms. The fraction of sp³-hybridized carbons (Fsp3) is 0.643. The van der Waals surface area contributed by atoms with Crippen molar-refractivity contribution in [2.75, 3.05) is 26.3 Å². The van der Waals surface area contributed by atoms with Crippen LogP contribution >= 0.6 is 11.8 Å². The Balaban J connectivity index is 1.31. The zero-order valence-corrected chi connectivity index (χ0v) is 22.0. The van der Waals surface area contributed by atoms with E-state index in [4.69, 9.17) is 9.47 Å². The lowest BCUT2D eigenvalue weighted by Crippen LogP contribution is -2.40. The fourth-order valence-electron chi connectivity index (χ4n) is 4.57. The molecule has 0 spiro atoms. The molecule has 3 rings (SSSR count). The minimum absolute atomic E-state index is 0.120. The Kier molecular flexibility index (Phi) is 11.9. The number of rotatable bonds is 8. The first-order valence-electron chi connectivity index (χ1n) is 13.0. The molecule has 0 radical (unpaired) electrons. The molecule has 0 amide bonds. The van der Waals surface area contributed by atoms with E-state index in [1.807, 2.05) is 11.8 Å². The van der Waals surface area contributed by atoms with Crippen LogP contribution in [0.4, 0.5) is 0 Å². The molecule has 0 aromatic rings. The third-order valence-electron chi connectivity index (χ3n) is 6.78. The van der Waals surface area contributed by atoms with Crippen LogP contribution in [0, 0.1) is 35.5 Å². The summed E-state index contributed by atoms with van der Waals surface area (Å²) in [6, 6.07) is 0.953. The van der Waals surface area contributed by atoms with E-state index in [-0.39, 0.29) is 23.4 Å². The largest absolute Gasteiger partial charge is 0.463 e. The molecule has 0 aromatic carbocycles. The van der Waals surface area contributed by atoms with Crippen LogP contribution in [-0.4, -0.2) is 67.0 Å². The van der Waals surface area contributed by atoms with Crippen LogP contribution in [0.25, 0.3) is 0 Å². The summed E-state index contributed by atoms with van der Waals surface area (Å²) in [6.07, 6.45) is 8.23. The monoisotopic (exact) mass is 513 g/mol. The molecule has 8 heteroatoms. The van der Waals surface area contributed by atoms with Gasteiger partial charge in [0.25, 0.3) is 0 Å². The molecule has 0 bridgehead atoms. The molecule has 0 saturated carbocycles. The van der Waals surface area contributed by atoms with Crippen molar-refractivity contribution >= 4 is 23.7 Å². The number of thioether (sulfide) groups is 1. The van der Waals surface area contributed by atoms with Gasteiger partial charge in [-0.1, -0.05) is 36.8 Å². The number of ether oxygens (including phenoxy) is 2. The smallest absolute Gasteiger partial charge is 0.330 e. The summed E-state index contributed by atoms with van der Waals surface area (Å²) in [4.78, 5) is 22.3. The highest BCUT2D eigenvalue weighted by Crippen LogP contribution is 2.29. The summed E-state index contributed by atoms with van der Waals surface area (Å²) in [5, 5.41) is 11.1. The molecule has 7 nitrogen and oxygen atoms in total. The number of carbonyl (C=O) groups is 2. The van der Waals surface area contributed by atoms with Crippen LogP contribution in [0.5, 0.6) is 0 Å². The highest BCUT2D eigenvalue weighted by Gasteiger charge is 2.30. The van der Waals surface area contributed by atoms with Crippen molar-refractivity contribution in [1.82, 2.24) is 16.0 Å². The van der Waals surface area contributed by atoms with Gasteiger partial charge in [0.15, 0.2) is 0 Å². The SMILES string of the molecule is C=CC(=O)OCCC1CCC(C#CC2CCC(C#CC3NC(C)C(CCOC(=O)C=C)S3)CN2)CN1. The lowest BCUT2D eigenvalue weighted by atomic mass is 9.92. The second kappa shape index (κ2) is 15.1. The first-order valence-corrected chi connectivity index (χ1v) is 13.9. The van der Waals surface area contributed by atoms with Crippen molar-refractivity contribution in [2.24, 2.45) is 11.8 Å². The van der Waals surface area contributed by atoms with Gasteiger partial charge in [0, 0.05) is 54.4 Å². The molecular weight excluding hydrogens is 474 g/mol. The topological polar surface area (TPSA) is 88.7 Å². The fourth-order valence-corrected chi connectivity index (χ4v) is 5.89. The lowest BCUT2D eigenvalue weighted by molar-refractivity contribution is -0.138. The quantitative estimate of drug-likeness (QED) is 0.259. The van der Waals surface area contributed by atoms with Crippen LogP contribution in [0.3, 0.4) is 0 Å². The molecule has 3 N–H and O–H groups in total. The number of hydrogen-bond acceptors (Lipinski definition) is 8. The highest BCUT2D eigenvalue weighted by molar-refractivity contribution is 8.01. The Labute approximate surface area is 220 Å². The van der Waals surface area contributed by atoms with Crippen LogP contribution < -0.4 is 16.0 Å². The molecule has 3 aliphatic heterocycles. The molecular formula is C28H39N3O4S. The predicted molar refractivity (Wildman–Crippen MR) is 144 cm³/mol. The average Bonchev–Trinajstić information content (AvgIpc) is 3.26. The predicted octanol–water partition coefficient (Wildman–Crippen LogP) is 2.39. The van der Waals surface area contributed by atoms with Gasteiger partial charge in [-0.05, 0) is 45.4 Å². The van der Waals surface area contributed by atoms with Crippen molar-refractivity contribution in [3.63, 3.8) is 0 Å². The minimum Gasteiger partial charge on any atom is -0.463 e. The molecule has 7 atom stereocenters. The summed E-state index contributed by atoms with van der Waals surface area (Å²) >= 11 is 1.82. The summed E-state index contributed by atoms with van der Waals surface area (Å²) in [5.41, 5.74) is 0. The molecule has 0 aliphatic carbocycles. The number of carbonyl (C=O) groups excluding carboxylic acids is 2. The second-order valence-electron chi connectivity index (χ2n) is 9.52. The molecule has 3 fully saturated rings. The van der Waals surface area contributed by atoms with Gasteiger partial charge in [-0.15, -0.1) is 11.8 Å². The van der Waals surface area contributed by atoms with Crippen molar-refractivity contribution < 1.29 is 19.1 Å². The Morgan fingerprint density at radius 2 is 1.53 bits per heavy atom. The number of hydrogen-bond donors (Lipinski definition) is 3. The maximum Gasteiger partial charge on any atom is 0.330 e.